The normalized spacial score (nSPS) is 22.9. The van der Waals surface area contributed by atoms with Crippen LogP contribution in [0.1, 0.15) is 59.8 Å². The standard InChI is InChI=1S/C15H26N2O/c1-6-15(4,11-16)13(18)17(5)12-7-9-14(2,3)10-8-12/h12H,6-10H2,1-5H3. The zero-order valence-corrected chi connectivity index (χ0v) is 12.4. The lowest BCUT2D eigenvalue weighted by atomic mass is 9.75. The summed E-state index contributed by atoms with van der Waals surface area (Å²) in [7, 11) is 1.86. The van der Waals surface area contributed by atoms with E-state index in [-0.39, 0.29) is 5.91 Å². The number of nitriles is 1. The third kappa shape index (κ3) is 3.04. The van der Waals surface area contributed by atoms with Gasteiger partial charge >= 0.3 is 0 Å². The van der Waals surface area contributed by atoms with Gasteiger partial charge in [0.25, 0.3) is 0 Å². The van der Waals surface area contributed by atoms with Crippen LogP contribution in [0.15, 0.2) is 0 Å². The number of carbonyl (C=O) groups excluding carboxylic acids is 1. The van der Waals surface area contributed by atoms with Gasteiger partial charge in [0.2, 0.25) is 5.91 Å². The van der Waals surface area contributed by atoms with Gasteiger partial charge < -0.3 is 4.90 Å². The molecule has 0 aromatic carbocycles. The van der Waals surface area contributed by atoms with Gasteiger partial charge in [-0.05, 0) is 44.4 Å². The van der Waals surface area contributed by atoms with Gasteiger partial charge in [-0.1, -0.05) is 20.8 Å². The van der Waals surface area contributed by atoms with E-state index in [0.717, 1.165) is 25.7 Å². The Bertz CT molecular complexity index is 346. The third-order valence-corrected chi connectivity index (χ3v) is 4.60. The molecule has 1 amide bonds. The number of hydrogen-bond acceptors (Lipinski definition) is 2. The summed E-state index contributed by atoms with van der Waals surface area (Å²) in [4.78, 5) is 14.2. The van der Waals surface area contributed by atoms with Crippen LogP contribution < -0.4 is 0 Å². The lowest BCUT2D eigenvalue weighted by molar-refractivity contribution is -0.140. The Balaban J connectivity index is 2.69. The summed E-state index contributed by atoms with van der Waals surface area (Å²) in [5, 5.41) is 9.19. The van der Waals surface area contributed by atoms with Crippen molar-refractivity contribution in [1.82, 2.24) is 4.90 Å². The Morgan fingerprint density at radius 2 is 1.94 bits per heavy atom. The molecule has 0 aromatic rings. The fraction of sp³-hybridized carbons (Fsp3) is 0.867. The molecular weight excluding hydrogens is 224 g/mol. The van der Waals surface area contributed by atoms with Crippen molar-refractivity contribution in [3.05, 3.63) is 0 Å². The minimum Gasteiger partial charge on any atom is -0.341 e. The van der Waals surface area contributed by atoms with E-state index in [1.54, 1.807) is 6.92 Å². The molecule has 102 valence electrons. The van der Waals surface area contributed by atoms with Crippen LogP contribution in [0.5, 0.6) is 0 Å². The molecule has 0 bridgehead atoms. The van der Waals surface area contributed by atoms with E-state index in [1.807, 2.05) is 18.9 Å². The summed E-state index contributed by atoms with van der Waals surface area (Å²) < 4.78 is 0. The number of rotatable bonds is 3. The first-order chi connectivity index (χ1) is 8.25. The zero-order chi connectivity index (χ0) is 14.0. The van der Waals surface area contributed by atoms with Gasteiger partial charge in [0.05, 0.1) is 6.07 Å². The molecule has 3 nitrogen and oxygen atoms in total. The maximum absolute atomic E-state index is 12.4. The molecular formula is C15H26N2O. The molecule has 1 unspecified atom stereocenters. The number of hydrogen-bond donors (Lipinski definition) is 0. The summed E-state index contributed by atoms with van der Waals surface area (Å²) in [6.07, 6.45) is 5.00. The molecule has 0 radical (unpaired) electrons. The molecule has 0 saturated heterocycles. The molecule has 0 aromatic heterocycles. The molecule has 1 atom stereocenters. The lowest BCUT2D eigenvalue weighted by Crippen LogP contribution is -2.46. The van der Waals surface area contributed by atoms with E-state index in [9.17, 15) is 10.1 Å². The van der Waals surface area contributed by atoms with Crippen LogP contribution in [0.2, 0.25) is 0 Å². The van der Waals surface area contributed by atoms with Crippen LogP contribution >= 0.6 is 0 Å². The monoisotopic (exact) mass is 250 g/mol. The predicted octanol–water partition coefficient (Wildman–Crippen LogP) is 3.35. The molecule has 0 spiro atoms. The summed E-state index contributed by atoms with van der Waals surface area (Å²) in [5.41, 5.74) is -0.453. The quantitative estimate of drug-likeness (QED) is 0.771. The maximum Gasteiger partial charge on any atom is 0.242 e. The largest absolute Gasteiger partial charge is 0.341 e. The summed E-state index contributed by atoms with van der Waals surface area (Å²) >= 11 is 0. The second-order valence-electron chi connectivity index (χ2n) is 6.61. The average Bonchev–Trinajstić information content (AvgIpc) is 2.36. The van der Waals surface area contributed by atoms with Crippen molar-refractivity contribution in [1.29, 1.82) is 5.26 Å². The highest BCUT2D eigenvalue weighted by Crippen LogP contribution is 2.37. The van der Waals surface area contributed by atoms with Gasteiger partial charge in [-0.25, -0.2) is 0 Å². The van der Waals surface area contributed by atoms with E-state index in [0.29, 0.717) is 17.9 Å². The van der Waals surface area contributed by atoms with Crippen LogP contribution in [0, 0.1) is 22.2 Å². The Kier molecular flexibility index (Phi) is 4.42. The van der Waals surface area contributed by atoms with Crippen LogP contribution in [0.25, 0.3) is 0 Å². The van der Waals surface area contributed by atoms with Crippen molar-refractivity contribution in [2.75, 3.05) is 7.05 Å². The number of nitrogens with zero attached hydrogens (tertiary/aromatic N) is 2. The Labute approximate surface area is 111 Å². The maximum atomic E-state index is 12.4. The van der Waals surface area contributed by atoms with Gasteiger partial charge in [0, 0.05) is 13.1 Å². The lowest BCUT2D eigenvalue weighted by Gasteiger charge is -2.40. The first kappa shape index (κ1) is 15.0. The predicted molar refractivity (Wildman–Crippen MR) is 72.8 cm³/mol. The van der Waals surface area contributed by atoms with Gasteiger partial charge in [0.15, 0.2) is 0 Å². The fourth-order valence-corrected chi connectivity index (χ4v) is 2.60. The van der Waals surface area contributed by atoms with E-state index in [2.05, 4.69) is 19.9 Å². The molecule has 0 heterocycles. The molecule has 1 aliphatic carbocycles. The Morgan fingerprint density at radius 3 is 2.33 bits per heavy atom. The summed E-state index contributed by atoms with van der Waals surface area (Å²) in [5.74, 6) is -0.0165. The smallest absolute Gasteiger partial charge is 0.242 e. The molecule has 18 heavy (non-hydrogen) atoms. The number of amides is 1. The second-order valence-corrected chi connectivity index (χ2v) is 6.61. The fourth-order valence-electron chi connectivity index (χ4n) is 2.60. The molecule has 0 N–H and O–H groups in total. The average molecular weight is 250 g/mol. The first-order valence-corrected chi connectivity index (χ1v) is 6.94. The van der Waals surface area contributed by atoms with E-state index < -0.39 is 5.41 Å². The number of carbonyl (C=O) groups is 1. The van der Waals surface area contributed by atoms with Gasteiger partial charge in [-0.3, -0.25) is 4.79 Å². The summed E-state index contributed by atoms with van der Waals surface area (Å²) in [6.45, 7) is 8.23. The molecule has 1 aliphatic rings. The van der Waals surface area contributed by atoms with Crippen LogP contribution in [0.4, 0.5) is 0 Å². The topological polar surface area (TPSA) is 44.1 Å². The second kappa shape index (κ2) is 5.30. The van der Waals surface area contributed by atoms with Crippen molar-refractivity contribution in [3.63, 3.8) is 0 Å². The highest BCUT2D eigenvalue weighted by atomic mass is 16.2. The SMILES string of the molecule is CCC(C)(C#N)C(=O)N(C)C1CCC(C)(C)CC1. The highest BCUT2D eigenvalue weighted by molar-refractivity contribution is 5.85. The third-order valence-electron chi connectivity index (χ3n) is 4.60. The van der Waals surface area contributed by atoms with Crippen LogP contribution in [-0.4, -0.2) is 23.9 Å². The van der Waals surface area contributed by atoms with Crippen molar-refractivity contribution in [3.8, 4) is 6.07 Å². The van der Waals surface area contributed by atoms with Crippen molar-refractivity contribution < 1.29 is 4.79 Å². The Hall–Kier alpha value is -1.04. The van der Waals surface area contributed by atoms with Gasteiger partial charge in [-0.15, -0.1) is 0 Å². The van der Waals surface area contributed by atoms with E-state index in [4.69, 9.17) is 0 Å². The van der Waals surface area contributed by atoms with Crippen molar-refractivity contribution in [2.24, 2.45) is 10.8 Å². The van der Waals surface area contributed by atoms with Crippen molar-refractivity contribution in [2.45, 2.75) is 65.8 Å². The molecule has 1 fully saturated rings. The Morgan fingerprint density at radius 1 is 1.44 bits per heavy atom. The van der Waals surface area contributed by atoms with Gasteiger partial charge in [0.1, 0.15) is 5.41 Å². The first-order valence-electron chi connectivity index (χ1n) is 6.94. The minimum atomic E-state index is -0.859. The molecule has 1 saturated carbocycles. The van der Waals surface area contributed by atoms with Gasteiger partial charge in [-0.2, -0.15) is 5.26 Å². The zero-order valence-electron chi connectivity index (χ0n) is 12.4. The van der Waals surface area contributed by atoms with E-state index in [1.165, 1.54) is 0 Å². The van der Waals surface area contributed by atoms with Crippen molar-refractivity contribution >= 4 is 5.91 Å². The van der Waals surface area contributed by atoms with E-state index >= 15 is 0 Å². The molecule has 3 heteroatoms. The van der Waals surface area contributed by atoms with Crippen LogP contribution in [-0.2, 0) is 4.79 Å². The highest BCUT2D eigenvalue weighted by Gasteiger charge is 2.38. The van der Waals surface area contributed by atoms with Crippen LogP contribution in [0.3, 0.4) is 0 Å². The molecule has 0 aliphatic heterocycles. The summed E-state index contributed by atoms with van der Waals surface area (Å²) in [6, 6.07) is 2.48. The minimum absolute atomic E-state index is 0.0165. The molecule has 1 rings (SSSR count).